The number of furan rings is 1. The van der Waals surface area contributed by atoms with E-state index in [2.05, 4.69) is 108 Å². The molecule has 0 N–H and O–H groups in total. The smallest absolute Gasteiger partial charge is 0.227 e. The second-order valence-electron chi connectivity index (χ2n) is 12.3. The molecule has 0 fully saturated rings. The van der Waals surface area contributed by atoms with Gasteiger partial charge >= 0.3 is 0 Å². The van der Waals surface area contributed by atoms with Crippen LogP contribution in [-0.2, 0) is 0 Å². The lowest BCUT2D eigenvalue weighted by Crippen LogP contribution is -2.10. The van der Waals surface area contributed by atoms with Gasteiger partial charge in [0.25, 0.3) is 0 Å². The molecule has 4 aromatic heterocycles. The first-order valence-corrected chi connectivity index (χ1v) is 17.8. The minimum Gasteiger partial charge on any atom is -0.456 e. The largest absolute Gasteiger partial charge is 0.456 e. The van der Waals surface area contributed by atoms with E-state index in [1.165, 1.54) is 30.3 Å². The minimum atomic E-state index is 0.616. The average Bonchev–Trinajstić information content (AvgIpc) is 3.93. The molecule has 11 aromatic rings. The fourth-order valence-electron chi connectivity index (χ4n) is 7.33. The van der Waals surface area contributed by atoms with E-state index in [1.54, 1.807) is 11.3 Å². The van der Waals surface area contributed by atoms with Crippen molar-refractivity contribution < 1.29 is 8.83 Å². The highest BCUT2D eigenvalue weighted by atomic mass is 32.1. The number of benzene rings is 7. The molecule has 0 atom stereocenters. The van der Waals surface area contributed by atoms with Gasteiger partial charge in [0.15, 0.2) is 5.58 Å². The number of thiophene rings is 2. The molecule has 0 spiro atoms. The molecule has 6 heteroatoms. The van der Waals surface area contributed by atoms with E-state index >= 15 is 0 Å². The lowest BCUT2D eigenvalue weighted by atomic mass is 10.1. The zero-order chi connectivity index (χ0) is 32.1. The summed E-state index contributed by atoms with van der Waals surface area (Å²) >= 11 is 3.63. The number of anilines is 3. The third-order valence-corrected chi connectivity index (χ3v) is 11.8. The standard InChI is InChI=1S/C43H24N2O2S2/c1-2-11-25(12-3-1)43-44-41-35(47-43)24-32(42-40(41)30-15-6-9-19-37(30)49-42)45(26-21-22-28-27-13-4-7-17-33(27)46-34(28)23-26)31-16-10-20-38-39(31)29-14-5-8-18-36(29)48-38/h1-24H. The predicted molar refractivity (Wildman–Crippen MR) is 207 cm³/mol. The molecule has 49 heavy (non-hydrogen) atoms. The van der Waals surface area contributed by atoms with E-state index in [-0.39, 0.29) is 0 Å². The molecule has 0 saturated carbocycles. The molecule has 4 heterocycles. The number of aromatic nitrogens is 1. The second kappa shape index (κ2) is 10.3. The maximum Gasteiger partial charge on any atom is 0.227 e. The van der Waals surface area contributed by atoms with Gasteiger partial charge in [0.1, 0.15) is 16.7 Å². The summed E-state index contributed by atoms with van der Waals surface area (Å²) in [6.07, 6.45) is 0. The number of oxazole rings is 1. The summed E-state index contributed by atoms with van der Waals surface area (Å²) in [5, 5.41) is 6.97. The Bertz CT molecular complexity index is 3080. The summed E-state index contributed by atoms with van der Waals surface area (Å²) in [7, 11) is 0. The Balaban J connectivity index is 1.28. The van der Waals surface area contributed by atoms with E-state index < -0.39 is 0 Å². The molecule has 0 bridgehead atoms. The van der Waals surface area contributed by atoms with Crippen LogP contribution in [0.1, 0.15) is 0 Å². The SMILES string of the molecule is c1ccc(-c2nc3c(cc(N(c4ccc5c(c4)oc4ccccc45)c4cccc5sc6ccccc6c45)c4sc5ccccc5c43)o2)cc1. The number of hydrogen-bond donors (Lipinski definition) is 0. The van der Waals surface area contributed by atoms with Crippen LogP contribution in [0.25, 0.3) is 84.8 Å². The van der Waals surface area contributed by atoms with Crippen LogP contribution in [0.3, 0.4) is 0 Å². The molecule has 0 aliphatic rings. The highest BCUT2D eigenvalue weighted by molar-refractivity contribution is 7.26. The minimum absolute atomic E-state index is 0.616. The maximum atomic E-state index is 6.65. The molecule has 0 aliphatic carbocycles. The van der Waals surface area contributed by atoms with Crippen molar-refractivity contribution in [2.24, 2.45) is 0 Å². The van der Waals surface area contributed by atoms with Gasteiger partial charge in [-0.2, -0.15) is 0 Å². The van der Waals surface area contributed by atoms with Crippen molar-refractivity contribution in [1.29, 1.82) is 0 Å². The molecular weight excluding hydrogens is 641 g/mol. The van der Waals surface area contributed by atoms with Crippen molar-refractivity contribution in [1.82, 2.24) is 4.98 Å². The average molecular weight is 665 g/mol. The van der Waals surface area contributed by atoms with Gasteiger partial charge in [0.05, 0.1) is 16.1 Å². The molecule has 4 nitrogen and oxygen atoms in total. The van der Waals surface area contributed by atoms with Gasteiger partial charge in [-0.25, -0.2) is 4.98 Å². The Morgan fingerprint density at radius 1 is 0.469 bits per heavy atom. The number of nitrogens with zero attached hydrogens (tertiary/aromatic N) is 2. The maximum absolute atomic E-state index is 6.65. The first kappa shape index (κ1) is 27.0. The highest BCUT2D eigenvalue weighted by Crippen LogP contribution is 2.51. The van der Waals surface area contributed by atoms with Gasteiger partial charge in [0, 0.05) is 69.8 Å². The van der Waals surface area contributed by atoms with Crippen molar-refractivity contribution in [2.75, 3.05) is 4.90 Å². The van der Waals surface area contributed by atoms with E-state index in [4.69, 9.17) is 13.8 Å². The van der Waals surface area contributed by atoms with Crippen molar-refractivity contribution in [3.8, 4) is 11.5 Å². The van der Waals surface area contributed by atoms with Gasteiger partial charge in [-0.3, -0.25) is 0 Å². The molecule has 0 unspecified atom stereocenters. The molecular formula is C43H24N2O2S2. The van der Waals surface area contributed by atoms with Crippen molar-refractivity contribution in [3.63, 3.8) is 0 Å². The lowest BCUT2D eigenvalue weighted by molar-refractivity contribution is 0.620. The molecule has 230 valence electrons. The number of fused-ring (bicyclic) bond motifs is 11. The Morgan fingerprint density at radius 3 is 2.02 bits per heavy atom. The van der Waals surface area contributed by atoms with Gasteiger partial charge in [-0.1, -0.05) is 78.9 Å². The van der Waals surface area contributed by atoms with E-state index in [9.17, 15) is 0 Å². The zero-order valence-electron chi connectivity index (χ0n) is 25.9. The second-order valence-corrected chi connectivity index (χ2v) is 14.4. The fraction of sp³-hybridized carbons (Fsp3) is 0. The lowest BCUT2D eigenvalue weighted by Gasteiger charge is -2.27. The van der Waals surface area contributed by atoms with Crippen LogP contribution in [0.15, 0.2) is 154 Å². The van der Waals surface area contributed by atoms with Crippen LogP contribution in [0.2, 0.25) is 0 Å². The van der Waals surface area contributed by atoms with E-state index in [0.29, 0.717) is 5.89 Å². The first-order chi connectivity index (χ1) is 24.3. The van der Waals surface area contributed by atoms with Crippen molar-refractivity contribution >= 4 is 113 Å². The normalized spacial score (nSPS) is 12.1. The van der Waals surface area contributed by atoms with E-state index in [0.717, 1.165) is 65.7 Å². The summed E-state index contributed by atoms with van der Waals surface area (Å²) in [6, 6.07) is 51.1. The predicted octanol–water partition coefficient (Wildman–Crippen LogP) is 13.6. The summed E-state index contributed by atoms with van der Waals surface area (Å²) < 4.78 is 18.0. The molecule has 0 aliphatic heterocycles. The molecule has 11 rings (SSSR count). The van der Waals surface area contributed by atoms with Gasteiger partial charge in [-0.15, -0.1) is 22.7 Å². The zero-order valence-corrected chi connectivity index (χ0v) is 27.5. The number of rotatable bonds is 4. The highest BCUT2D eigenvalue weighted by Gasteiger charge is 2.26. The Kier molecular flexibility index (Phi) is 5.67. The molecule has 0 saturated heterocycles. The van der Waals surface area contributed by atoms with E-state index in [1.807, 2.05) is 53.8 Å². The summed E-state index contributed by atoms with van der Waals surface area (Å²) in [6.45, 7) is 0. The van der Waals surface area contributed by atoms with Crippen LogP contribution in [-0.4, -0.2) is 4.98 Å². The fourth-order valence-corrected chi connectivity index (χ4v) is 9.67. The first-order valence-electron chi connectivity index (χ1n) is 16.2. The molecule has 0 radical (unpaired) electrons. The monoisotopic (exact) mass is 664 g/mol. The summed E-state index contributed by atoms with van der Waals surface area (Å²) in [4.78, 5) is 7.53. The van der Waals surface area contributed by atoms with Crippen LogP contribution in [0, 0.1) is 0 Å². The van der Waals surface area contributed by atoms with Gasteiger partial charge in [0.2, 0.25) is 5.89 Å². The van der Waals surface area contributed by atoms with Gasteiger partial charge < -0.3 is 13.7 Å². The topological polar surface area (TPSA) is 42.4 Å². The van der Waals surface area contributed by atoms with Crippen molar-refractivity contribution in [2.45, 2.75) is 0 Å². The third kappa shape index (κ3) is 3.99. The Hall–Kier alpha value is -5.95. The number of hydrogen-bond acceptors (Lipinski definition) is 6. The van der Waals surface area contributed by atoms with Crippen LogP contribution in [0.5, 0.6) is 0 Å². The summed E-state index contributed by atoms with van der Waals surface area (Å²) in [5.41, 5.74) is 7.47. The molecule has 7 aromatic carbocycles. The van der Waals surface area contributed by atoms with Crippen molar-refractivity contribution in [3.05, 3.63) is 146 Å². The van der Waals surface area contributed by atoms with Gasteiger partial charge in [-0.05, 0) is 54.6 Å². The Morgan fingerprint density at radius 2 is 1.16 bits per heavy atom. The Labute approximate surface area is 287 Å². The number of para-hydroxylation sites is 1. The van der Waals surface area contributed by atoms with Crippen LogP contribution < -0.4 is 4.90 Å². The van der Waals surface area contributed by atoms with Crippen LogP contribution >= 0.6 is 22.7 Å². The van der Waals surface area contributed by atoms with Crippen LogP contribution in [0.4, 0.5) is 17.1 Å². The third-order valence-electron chi connectivity index (χ3n) is 9.49. The quantitative estimate of drug-likeness (QED) is 0.188. The summed E-state index contributed by atoms with van der Waals surface area (Å²) in [5.74, 6) is 0.616. The molecule has 0 amide bonds.